The van der Waals surface area contributed by atoms with Crippen LogP contribution in [-0.4, -0.2) is 25.3 Å². The summed E-state index contributed by atoms with van der Waals surface area (Å²) in [5.74, 6) is -0.816. The van der Waals surface area contributed by atoms with Crippen LogP contribution < -0.4 is 0 Å². The molecule has 0 fully saturated rings. The minimum absolute atomic E-state index is 0.250. The van der Waals surface area contributed by atoms with E-state index in [2.05, 4.69) is 0 Å². The molecule has 0 aliphatic rings. The van der Waals surface area contributed by atoms with Crippen LogP contribution in [-0.2, 0) is 10.0 Å². The second kappa shape index (κ2) is 6.13. The molecule has 0 saturated carbocycles. The molecule has 0 aliphatic carbocycles. The molecule has 0 saturated heterocycles. The van der Waals surface area contributed by atoms with Gasteiger partial charge in [0.05, 0.1) is 0 Å². The van der Waals surface area contributed by atoms with Gasteiger partial charge in [0.15, 0.2) is 0 Å². The highest BCUT2D eigenvalue weighted by molar-refractivity contribution is 7.89. The smallest absolute Gasteiger partial charge is 0.207 e. The zero-order valence-electron chi connectivity index (χ0n) is 11.2. The lowest BCUT2D eigenvalue weighted by molar-refractivity contribution is 0.354. The van der Waals surface area contributed by atoms with Crippen LogP contribution in [0.25, 0.3) is 0 Å². The van der Waals surface area contributed by atoms with Crippen molar-refractivity contribution in [1.82, 2.24) is 4.31 Å². The third kappa shape index (κ3) is 3.11. The Hall–Kier alpha value is -1.45. The zero-order chi connectivity index (χ0) is 14.6. The summed E-state index contributed by atoms with van der Waals surface area (Å²) in [4.78, 5) is -0.267. The molecule has 0 aromatic heterocycles. The van der Waals surface area contributed by atoms with Crippen molar-refractivity contribution in [2.24, 2.45) is 0 Å². The Bertz CT molecular complexity index is 591. The van der Waals surface area contributed by atoms with Gasteiger partial charge in [0, 0.05) is 12.6 Å². The molecule has 0 heterocycles. The molecule has 0 amide bonds. The van der Waals surface area contributed by atoms with Crippen molar-refractivity contribution in [3.8, 4) is 6.07 Å². The first-order valence-electron chi connectivity index (χ1n) is 6.06. The van der Waals surface area contributed by atoms with Crippen LogP contribution in [0.4, 0.5) is 4.39 Å². The Morgan fingerprint density at radius 2 is 2.05 bits per heavy atom. The van der Waals surface area contributed by atoms with Crippen molar-refractivity contribution in [3.05, 3.63) is 29.6 Å². The Morgan fingerprint density at radius 3 is 2.53 bits per heavy atom. The van der Waals surface area contributed by atoms with Gasteiger partial charge in [-0.2, -0.15) is 9.57 Å². The van der Waals surface area contributed by atoms with E-state index in [4.69, 9.17) is 5.26 Å². The summed E-state index contributed by atoms with van der Waals surface area (Å²) in [5.41, 5.74) is -0.427. The fraction of sp³-hybridized carbons (Fsp3) is 0.462. The molecular weight excluding hydrogens is 267 g/mol. The van der Waals surface area contributed by atoms with Crippen LogP contribution in [0.1, 0.15) is 32.8 Å². The van der Waals surface area contributed by atoms with Gasteiger partial charge in [0.2, 0.25) is 10.0 Å². The summed E-state index contributed by atoms with van der Waals surface area (Å²) in [7, 11) is -3.86. The maximum absolute atomic E-state index is 13.5. The van der Waals surface area contributed by atoms with Crippen molar-refractivity contribution >= 4 is 10.0 Å². The number of sulfonamides is 1. The van der Waals surface area contributed by atoms with Crippen molar-refractivity contribution in [2.45, 2.75) is 38.1 Å². The van der Waals surface area contributed by atoms with Gasteiger partial charge < -0.3 is 0 Å². The first-order chi connectivity index (χ1) is 8.86. The number of nitrogens with zero attached hydrogens (tertiary/aromatic N) is 2. The predicted molar refractivity (Wildman–Crippen MR) is 70.4 cm³/mol. The number of hydrogen-bond donors (Lipinski definition) is 0. The van der Waals surface area contributed by atoms with E-state index in [1.54, 1.807) is 19.9 Å². The number of rotatable bonds is 5. The lowest BCUT2D eigenvalue weighted by atomic mass is 10.2. The molecule has 0 unspecified atom stereocenters. The molecule has 0 N–H and O–H groups in total. The van der Waals surface area contributed by atoms with Gasteiger partial charge in [-0.15, -0.1) is 0 Å². The van der Waals surface area contributed by atoms with Crippen molar-refractivity contribution < 1.29 is 12.8 Å². The molecule has 0 bridgehead atoms. The van der Waals surface area contributed by atoms with Gasteiger partial charge >= 0.3 is 0 Å². The quantitative estimate of drug-likeness (QED) is 0.834. The number of hydrogen-bond acceptors (Lipinski definition) is 3. The van der Waals surface area contributed by atoms with E-state index in [0.717, 1.165) is 6.07 Å². The largest absolute Gasteiger partial charge is 0.244 e. The highest BCUT2D eigenvalue weighted by Crippen LogP contribution is 2.23. The predicted octanol–water partition coefficient (Wildman–Crippen LogP) is 2.51. The fourth-order valence-electron chi connectivity index (χ4n) is 1.83. The second-order valence-corrected chi connectivity index (χ2v) is 6.29. The molecule has 1 aromatic carbocycles. The molecular formula is C13H17FN2O2S. The van der Waals surface area contributed by atoms with Crippen molar-refractivity contribution in [3.63, 3.8) is 0 Å². The molecule has 1 aromatic rings. The minimum atomic E-state index is -3.86. The standard InChI is InChI=1S/C13H17FN2O2S/c1-4-8-16(10(2)3)19(17,18)13-7-5-6-12(14)11(13)9-15/h5-7,10H,4,8H2,1-3H3. The molecule has 0 spiro atoms. The van der Waals surface area contributed by atoms with E-state index in [1.807, 2.05) is 6.92 Å². The first-order valence-corrected chi connectivity index (χ1v) is 7.50. The van der Waals surface area contributed by atoms with E-state index in [0.29, 0.717) is 13.0 Å². The monoisotopic (exact) mass is 284 g/mol. The fourth-order valence-corrected chi connectivity index (χ4v) is 3.71. The van der Waals surface area contributed by atoms with Gasteiger partial charge in [0.1, 0.15) is 22.3 Å². The Balaban J connectivity index is 3.43. The minimum Gasteiger partial charge on any atom is -0.207 e. The second-order valence-electron chi connectivity index (χ2n) is 4.43. The third-order valence-corrected chi connectivity index (χ3v) is 4.81. The highest BCUT2D eigenvalue weighted by atomic mass is 32.2. The molecule has 4 nitrogen and oxygen atoms in total. The molecule has 0 atom stereocenters. The first kappa shape index (κ1) is 15.6. The van der Waals surface area contributed by atoms with E-state index >= 15 is 0 Å². The summed E-state index contributed by atoms with van der Waals surface area (Å²) in [6.45, 7) is 5.69. The molecule has 0 aliphatic heterocycles. The maximum Gasteiger partial charge on any atom is 0.244 e. The van der Waals surface area contributed by atoms with Gasteiger partial charge in [-0.05, 0) is 32.4 Å². The van der Waals surface area contributed by atoms with Gasteiger partial charge in [0.25, 0.3) is 0 Å². The summed E-state index contributed by atoms with van der Waals surface area (Å²) < 4.78 is 39.8. The lowest BCUT2D eigenvalue weighted by Gasteiger charge is -2.25. The topological polar surface area (TPSA) is 61.2 Å². The van der Waals surface area contributed by atoms with Crippen molar-refractivity contribution in [2.75, 3.05) is 6.54 Å². The van der Waals surface area contributed by atoms with Crippen LogP contribution in [0, 0.1) is 17.1 Å². The maximum atomic E-state index is 13.5. The number of benzene rings is 1. The van der Waals surface area contributed by atoms with Crippen molar-refractivity contribution in [1.29, 1.82) is 5.26 Å². The normalized spacial score (nSPS) is 11.8. The summed E-state index contributed by atoms with van der Waals surface area (Å²) >= 11 is 0. The van der Waals surface area contributed by atoms with E-state index < -0.39 is 21.4 Å². The average molecular weight is 284 g/mol. The summed E-state index contributed by atoms with van der Waals surface area (Å²) in [6.07, 6.45) is 0.647. The van der Waals surface area contributed by atoms with E-state index in [-0.39, 0.29) is 10.9 Å². The molecule has 19 heavy (non-hydrogen) atoms. The van der Waals surface area contributed by atoms with Crippen LogP contribution in [0.5, 0.6) is 0 Å². The Morgan fingerprint density at radius 1 is 1.42 bits per heavy atom. The number of nitriles is 1. The van der Waals surface area contributed by atoms with Crippen LogP contribution in [0.3, 0.4) is 0 Å². The zero-order valence-corrected chi connectivity index (χ0v) is 12.0. The molecule has 104 valence electrons. The van der Waals surface area contributed by atoms with Crippen LogP contribution >= 0.6 is 0 Å². The van der Waals surface area contributed by atoms with Crippen LogP contribution in [0.15, 0.2) is 23.1 Å². The average Bonchev–Trinajstić information content (AvgIpc) is 2.34. The highest BCUT2D eigenvalue weighted by Gasteiger charge is 2.29. The SMILES string of the molecule is CCCN(C(C)C)S(=O)(=O)c1cccc(F)c1C#N. The third-order valence-electron chi connectivity index (χ3n) is 2.69. The molecule has 1 rings (SSSR count). The Kier molecular flexibility index (Phi) is 5.04. The van der Waals surface area contributed by atoms with E-state index in [9.17, 15) is 12.8 Å². The van der Waals surface area contributed by atoms with Gasteiger partial charge in [-0.1, -0.05) is 13.0 Å². The van der Waals surface area contributed by atoms with Gasteiger partial charge in [-0.25, -0.2) is 12.8 Å². The lowest BCUT2D eigenvalue weighted by Crippen LogP contribution is -2.37. The molecule has 6 heteroatoms. The van der Waals surface area contributed by atoms with Gasteiger partial charge in [-0.3, -0.25) is 0 Å². The Labute approximate surface area is 113 Å². The van der Waals surface area contributed by atoms with E-state index in [1.165, 1.54) is 16.4 Å². The summed E-state index contributed by atoms with van der Waals surface area (Å²) in [5, 5.41) is 8.94. The van der Waals surface area contributed by atoms with Crippen LogP contribution in [0.2, 0.25) is 0 Å². The molecule has 0 radical (unpaired) electrons. The summed E-state index contributed by atoms with van der Waals surface area (Å²) in [6, 6.07) is 5.02. The number of halogens is 1.